The largest absolute Gasteiger partial charge is 0.465 e. The van der Waals surface area contributed by atoms with Crippen LogP contribution in [0.3, 0.4) is 0 Å². The number of amides is 2. The molecular formula is C22H26ClN5O3S. The Hall–Kier alpha value is -2.91. The molecule has 3 rings (SSSR count). The number of carbonyl (C=O) groups is 2. The minimum absolute atomic E-state index is 0.172. The number of carboxylic acid groups (broad SMARTS) is 1. The summed E-state index contributed by atoms with van der Waals surface area (Å²) in [5.74, 6) is -0.226. The number of likely N-dealkylation sites (N-methyl/N-ethyl adjacent to an activating group) is 1. The Morgan fingerprint density at radius 1 is 1.25 bits per heavy atom. The van der Waals surface area contributed by atoms with Gasteiger partial charge in [-0.25, -0.2) is 9.79 Å². The average molecular weight is 476 g/mol. The second-order valence-corrected chi connectivity index (χ2v) is 8.37. The topological polar surface area (TPSA) is 106 Å². The maximum atomic E-state index is 13.2. The molecule has 32 heavy (non-hydrogen) atoms. The summed E-state index contributed by atoms with van der Waals surface area (Å²) in [6, 6.07) is 9.67. The van der Waals surface area contributed by atoms with Crippen LogP contribution in [-0.2, 0) is 4.79 Å². The summed E-state index contributed by atoms with van der Waals surface area (Å²) in [6.07, 6.45) is 4.00. The zero-order valence-corrected chi connectivity index (χ0v) is 19.2. The molecule has 2 unspecified atom stereocenters. The third kappa shape index (κ3) is 6.08. The predicted molar refractivity (Wildman–Crippen MR) is 129 cm³/mol. The Kier molecular flexibility index (Phi) is 8.24. The first-order valence-electron chi connectivity index (χ1n) is 10.4. The summed E-state index contributed by atoms with van der Waals surface area (Å²) in [7, 11) is 1.72. The highest BCUT2D eigenvalue weighted by atomic mass is 35.5. The third-order valence-corrected chi connectivity index (χ3v) is 5.65. The number of nitrogens with zero attached hydrogens (tertiary/aromatic N) is 2. The third-order valence-electron chi connectivity index (χ3n) is 5.08. The molecule has 0 radical (unpaired) electrons. The Balaban J connectivity index is 1.75. The summed E-state index contributed by atoms with van der Waals surface area (Å²) in [5.41, 5.74) is 3.17. The Morgan fingerprint density at radius 3 is 2.62 bits per heavy atom. The van der Waals surface area contributed by atoms with Gasteiger partial charge in [-0.05, 0) is 31.5 Å². The number of hydrogen-bond acceptors (Lipinski definition) is 4. The van der Waals surface area contributed by atoms with Gasteiger partial charge in [0.05, 0.1) is 11.1 Å². The van der Waals surface area contributed by atoms with E-state index in [0.29, 0.717) is 36.8 Å². The van der Waals surface area contributed by atoms with Crippen molar-refractivity contribution in [2.24, 2.45) is 4.99 Å². The number of alkyl halides is 1. The van der Waals surface area contributed by atoms with Crippen LogP contribution >= 0.6 is 23.8 Å². The summed E-state index contributed by atoms with van der Waals surface area (Å²) in [6.45, 7) is 0.920. The fourth-order valence-electron chi connectivity index (χ4n) is 3.48. The van der Waals surface area contributed by atoms with Crippen LogP contribution in [0.5, 0.6) is 0 Å². The van der Waals surface area contributed by atoms with Crippen LogP contribution in [0.15, 0.2) is 58.7 Å². The van der Waals surface area contributed by atoms with Crippen molar-refractivity contribution in [2.75, 3.05) is 20.1 Å². The molecule has 1 aromatic rings. The summed E-state index contributed by atoms with van der Waals surface area (Å²) < 4.78 is 0. The van der Waals surface area contributed by atoms with Gasteiger partial charge in [-0.3, -0.25) is 4.79 Å². The molecule has 0 fully saturated rings. The minimum atomic E-state index is -1.04. The van der Waals surface area contributed by atoms with Crippen LogP contribution in [-0.4, -0.2) is 64.5 Å². The van der Waals surface area contributed by atoms with E-state index in [1.807, 2.05) is 42.5 Å². The van der Waals surface area contributed by atoms with Gasteiger partial charge < -0.3 is 26.0 Å². The molecule has 0 saturated heterocycles. The van der Waals surface area contributed by atoms with E-state index in [1.165, 1.54) is 0 Å². The predicted octanol–water partition coefficient (Wildman–Crippen LogP) is 2.61. The van der Waals surface area contributed by atoms with Gasteiger partial charge in [-0.1, -0.05) is 42.5 Å². The SMILES string of the molecule is CN1C(=O)C(NC(=S)NCCCCNC(=O)O)N=C(c2ccccc2)C2=CC(Cl)CC=C21. The van der Waals surface area contributed by atoms with Crippen molar-refractivity contribution >= 4 is 46.6 Å². The van der Waals surface area contributed by atoms with Crippen molar-refractivity contribution in [1.29, 1.82) is 0 Å². The normalized spacial score (nSPS) is 20.2. The molecule has 1 aromatic carbocycles. The Morgan fingerprint density at radius 2 is 1.94 bits per heavy atom. The minimum Gasteiger partial charge on any atom is -0.465 e. The number of fused-ring (bicyclic) bond motifs is 1. The summed E-state index contributed by atoms with van der Waals surface area (Å²) in [4.78, 5) is 30.0. The van der Waals surface area contributed by atoms with E-state index in [0.717, 1.165) is 23.3 Å². The van der Waals surface area contributed by atoms with Gasteiger partial charge in [-0.15, -0.1) is 11.6 Å². The lowest BCUT2D eigenvalue weighted by molar-refractivity contribution is -0.129. The number of benzene rings is 1. The number of allylic oxidation sites excluding steroid dienone is 3. The van der Waals surface area contributed by atoms with Gasteiger partial charge in [-0.2, -0.15) is 0 Å². The highest BCUT2D eigenvalue weighted by Crippen LogP contribution is 2.30. The van der Waals surface area contributed by atoms with E-state index in [2.05, 4.69) is 16.0 Å². The molecule has 4 N–H and O–H groups in total. The lowest BCUT2D eigenvalue weighted by Crippen LogP contribution is -2.48. The first-order valence-corrected chi connectivity index (χ1v) is 11.2. The smallest absolute Gasteiger partial charge is 0.404 e. The monoisotopic (exact) mass is 475 g/mol. The maximum absolute atomic E-state index is 13.2. The van der Waals surface area contributed by atoms with Crippen LogP contribution in [0.4, 0.5) is 4.79 Å². The van der Waals surface area contributed by atoms with Gasteiger partial charge in [0.25, 0.3) is 5.91 Å². The molecule has 10 heteroatoms. The van der Waals surface area contributed by atoms with Gasteiger partial charge in [0.1, 0.15) is 0 Å². The Bertz CT molecular complexity index is 964. The molecule has 2 amide bonds. The maximum Gasteiger partial charge on any atom is 0.404 e. The quantitative estimate of drug-likeness (QED) is 0.274. The zero-order valence-electron chi connectivity index (χ0n) is 17.7. The van der Waals surface area contributed by atoms with E-state index in [4.69, 9.17) is 33.9 Å². The van der Waals surface area contributed by atoms with Crippen molar-refractivity contribution in [3.05, 3.63) is 59.3 Å². The van der Waals surface area contributed by atoms with Crippen LogP contribution < -0.4 is 16.0 Å². The fraction of sp³-hybridized carbons (Fsp3) is 0.364. The molecule has 1 aliphatic carbocycles. The molecule has 0 bridgehead atoms. The van der Waals surface area contributed by atoms with Crippen LogP contribution in [0, 0.1) is 0 Å². The first-order chi connectivity index (χ1) is 15.4. The van der Waals surface area contributed by atoms with Crippen LogP contribution in [0.2, 0.25) is 0 Å². The number of halogens is 1. The van der Waals surface area contributed by atoms with Crippen molar-refractivity contribution in [3.8, 4) is 0 Å². The number of carbonyl (C=O) groups excluding carboxylic acids is 1. The number of aliphatic imine (C=N–C) groups is 1. The van der Waals surface area contributed by atoms with Crippen molar-refractivity contribution in [1.82, 2.24) is 20.9 Å². The van der Waals surface area contributed by atoms with Gasteiger partial charge in [0.15, 0.2) is 5.11 Å². The van der Waals surface area contributed by atoms with Gasteiger partial charge in [0, 0.05) is 37.0 Å². The summed E-state index contributed by atoms with van der Waals surface area (Å²) >= 11 is 11.8. The van der Waals surface area contributed by atoms with Gasteiger partial charge >= 0.3 is 6.09 Å². The summed E-state index contributed by atoms with van der Waals surface area (Å²) in [5, 5.41) is 17.1. The highest BCUT2D eigenvalue weighted by molar-refractivity contribution is 7.80. The second-order valence-electron chi connectivity index (χ2n) is 7.40. The molecule has 1 aliphatic heterocycles. The highest BCUT2D eigenvalue weighted by Gasteiger charge is 2.33. The standard InChI is InChI=1S/C22H26ClN5O3S/c1-28-17-10-9-15(23)13-16(17)18(14-7-3-2-4-8-14)26-19(20(28)29)27-21(32)24-11-5-6-12-25-22(30)31/h2-4,7-8,10,13,15,19,25H,5-6,9,11-12H2,1H3,(H,30,31)(H2,24,27,32). The number of nitrogens with one attached hydrogen (secondary N) is 3. The molecule has 0 aromatic heterocycles. The van der Waals surface area contributed by atoms with Crippen molar-refractivity contribution in [3.63, 3.8) is 0 Å². The number of unbranched alkanes of at least 4 members (excludes halogenated alkanes) is 1. The molecule has 8 nitrogen and oxygen atoms in total. The van der Waals surface area contributed by atoms with E-state index in [9.17, 15) is 9.59 Å². The Labute approximate surface area is 197 Å². The molecule has 2 atom stereocenters. The van der Waals surface area contributed by atoms with Crippen molar-refractivity contribution < 1.29 is 14.7 Å². The zero-order chi connectivity index (χ0) is 23.1. The van der Waals surface area contributed by atoms with Crippen LogP contribution in [0.25, 0.3) is 0 Å². The number of hydrogen-bond donors (Lipinski definition) is 4. The van der Waals surface area contributed by atoms with Crippen LogP contribution in [0.1, 0.15) is 24.8 Å². The molecule has 2 aliphatic rings. The van der Waals surface area contributed by atoms with E-state index >= 15 is 0 Å². The van der Waals surface area contributed by atoms with Crippen molar-refractivity contribution in [2.45, 2.75) is 30.8 Å². The van der Waals surface area contributed by atoms with E-state index in [1.54, 1.807) is 11.9 Å². The molecule has 0 saturated carbocycles. The lowest BCUT2D eigenvalue weighted by Gasteiger charge is -2.25. The molecule has 170 valence electrons. The molecule has 0 spiro atoms. The van der Waals surface area contributed by atoms with E-state index < -0.39 is 12.3 Å². The van der Waals surface area contributed by atoms with E-state index in [-0.39, 0.29) is 11.3 Å². The molecule has 1 heterocycles. The lowest BCUT2D eigenvalue weighted by atomic mass is 9.94. The van der Waals surface area contributed by atoms with Gasteiger partial charge in [0.2, 0.25) is 6.17 Å². The average Bonchev–Trinajstić information content (AvgIpc) is 2.87. The number of rotatable bonds is 7. The second kappa shape index (κ2) is 11.1. The first kappa shape index (κ1) is 23.7. The fourth-order valence-corrected chi connectivity index (χ4v) is 3.91. The molecular weight excluding hydrogens is 450 g/mol. The number of thiocarbonyl (C=S) groups is 1.